The molecule has 2 rings (SSSR count). The number of ether oxygens (including phenoxy) is 1. The van der Waals surface area contributed by atoms with E-state index in [-0.39, 0.29) is 5.11 Å². The number of thiocarbonyl (C=S) groups is 1. The lowest BCUT2D eigenvalue weighted by molar-refractivity contribution is 0.342. The smallest absolute Gasteiger partial charge is 0.186 e. The highest BCUT2D eigenvalue weighted by molar-refractivity contribution is 9.10. The summed E-state index contributed by atoms with van der Waals surface area (Å²) in [5, 5.41) is 4.51. The number of benzene rings is 2. The van der Waals surface area contributed by atoms with Crippen LogP contribution in [-0.4, -0.2) is 11.7 Å². The number of rotatable bonds is 4. The van der Waals surface area contributed by atoms with Crippen LogP contribution in [0.1, 0.15) is 6.92 Å². The van der Waals surface area contributed by atoms with Gasteiger partial charge in [0.25, 0.3) is 0 Å². The van der Waals surface area contributed by atoms with E-state index < -0.39 is 33.4 Å². The number of hydrogen-bond donors (Lipinski definition) is 2. The Morgan fingerprint density at radius 2 is 1.62 bits per heavy atom. The van der Waals surface area contributed by atoms with Gasteiger partial charge >= 0.3 is 0 Å². The molecule has 0 saturated heterocycles. The first-order valence-electron chi connectivity index (χ1n) is 6.68. The summed E-state index contributed by atoms with van der Waals surface area (Å²) in [5.41, 5.74) is -0.602. The molecule has 0 aliphatic heterocycles. The second-order valence-corrected chi connectivity index (χ2v) is 5.65. The summed E-state index contributed by atoms with van der Waals surface area (Å²) in [6.45, 7) is 2.18. The van der Waals surface area contributed by atoms with Crippen molar-refractivity contribution in [2.45, 2.75) is 6.92 Å². The van der Waals surface area contributed by atoms with Crippen LogP contribution in [0.3, 0.4) is 0 Å². The normalized spacial score (nSPS) is 10.4. The first-order valence-corrected chi connectivity index (χ1v) is 7.88. The monoisotopic (exact) mass is 422 g/mol. The Morgan fingerprint density at radius 3 is 2.21 bits per heavy atom. The van der Waals surface area contributed by atoms with Crippen molar-refractivity contribution >= 4 is 44.6 Å². The van der Waals surface area contributed by atoms with Crippen molar-refractivity contribution in [1.82, 2.24) is 0 Å². The van der Waals surface area contributed by atoms with Crippen LogP contribution in [0, 0.1) is 23.3 Å². The molecular weight excluding hydrogens is 412 g/mol. The zero-order chi connectivity index (χ0) is 17.9. The van der Waals surface area contributed by atoms with Crippen LogP contribution in [-0.2, 0) is 0 Å². The van der Waals surface area contributed by atoms with Crippen LogP contribution >= 0.6 is 28.1 Å². The van der Waals surface area contributed by atoms with E-state index in [0.29, 0.717) is 18.0 Å². The van der Waals surface area contributed by atoms with Gasteiger partial charge in [-0.1, -0.05) is 12.1 Å². The minimum atomic E-state index is -1.59. The van der Waals surface area contributed by atoms with Gasteiger partial charge in [-0.2, -0.15) is 0 Å². The Labute approximate surface area is 149 Å². The molecule has 2 aromatic rings. The maximum atomic E-state index is 13.8. The lowest BCUT2D eigenvalue weighted by Crippen LogP contribution is -2.22. The van der Waals surface area contributed by atoms with Crippen molar-refractivity contribution in [1.29, 1.82) is 0 Å². The van der Waals surface area contributed by atoms with Crippen LogP contribution in [0.5, 0.6) is 5.75 Å². The molecular formula is C15H11BrF4N2OS. The van der Waals surface area contributed by atoms with E-state index in [1.165, 1.54) is 0 Å². The second-order valence-electron chi connectivity index (χ2n) is 4.45. The highest BCUT2D eigenvalue weighted by Crippen LogP contribution is 2.31. The number of hydrogen-bond acceptors (Lipinski definition) is 2. The molecule has 0 fully saturated rings. The minimum Gasteiger partial charge on any atom is -0.492 e. The third-order valence-corrected chi connectivity index (χ3v) is 3.78. The highest BCUT2D eigenvalue weighted by atomic mass is 79.9. The molecule has 0 bridgehead atoms. The maximum absolute atomic E-state index is 13.8. The molecule has 0 aliphatic rings. The van der Waals surface area contributed by atoms with Crippen molar-refractivity contribution in [3.63, 3.8) is 0 Å². The van der Waals surface area contributed by atoms with E-state index >= 15 is 0 Å². The molecule has 0 aliphatic carbocycles. The Bertz CT molecular complexity index is 759. The number of halogens is 5. The zero-order valence-electron chi connectivity index (χ0n) is 12.2. The summed E-state index contributed by atoms with van der Waals surface area (Å²) in [6, 6.07) is 6.70. The second kappa shape index (κ2) is 7.80. The lowest BCUT2D eigenvalue weighted by Gasteiger charge is -2.15. The summed E-state index contributed by atoms with van der Waals surface area (Å²) in [5.74, 6) is -5.85. The molecule has 0 aromatic heterocycles. The number of nitrogens with one attached hydrogen (secondary N) is 2. The van der Waals surface area contributed by atoms with Crippen molar-refractivity contribution in [2.24, 2.45) is 0 Å². The third kappa shape index (κ3) is 3.78. The Hall–Kier alpha value is -1.87. The highest BCUT2D eigenvalue weighted by Gasteiger charge is 2.24. The summed E-state index contributed by atoms with van der Waals surface area (Å²) < 4.78 is 59.1. The lowest BCUT2D eigenvalue weighted by atomic mass is 10.2. The van der Waals surface area contributed by atoms with E-state index in [4.69, 9.17) is 17.0 Å². The topological polar surface area (TPSA) is 33.3 Å². The molecule has 24 heavy (non-hydrogen) atoms. The molecule has 0 heterocycles. The molecule has 0 atom stereocenters. The molecule has 3 nitrogen and oxygen atoms in total. The summed E-state index contributed by atoms with van der Waals surface area (Å²) in [4.78, 5) is 0. The van der Waals surface area contributed by atoms with Crippen LogP contribution in [0.4, 0.5) is 28.9 Å². The molecule has 128 valence electrons. The Kier molecular flexibility index (Phi) is 6.00. The van der Waals surface area contributed by atoms with Crippen LogP contribution < -0.4 is 15.4 Å². The van der Waals surface area contributed by atoms with Gasteiger partial charge in [0, 0.05) is 0 Å². The molecule has 0 unspecified atom stereocenters. The van der Waals surface area contributed by atoms with Gasteiger partial charge in [-0.05, 0) is 47.2 Å². The Balaban J connectivity index is 2.26. The predicted molar refractivity (Wildman–Crippen MR) is 91.4 cm³/mol. The molecule has 2 aromatic carbocycles. The fraction of sp³-hybridized carbons (Fsp3) is 0.133. The summed E-state index contributed by atoms with van der Waals surface area (Å²) >= 11 is 7.37. The average Bonchev–Trinajstić information content (AvgIpc) is 2.57. The van der Waals surface area contributed by atoms with Gasteiger partial charge in [-0.3, -0.25) is 0 Å². The van der Waals surface area contributed by atoms with Gasteiger partial charge < -0.3 is 15.4 Å². The van der Waals surface area contributed by atoms with Crippen molar-refractivity contribution in [3.05, 3.63) is 52.0 Å². The molecule has 0 saturated carbocycles. The standard InChI is InChI=1S/C15H11BrF4N2OS/c1-2-23-8-6-4-3-5-7(8)21-15(24)22-14-12(19)10(17)9(16)11(18)13(14)20/h3-6H,2H2,1H3,(H2,21,22,24). The quantitative estimate of drug-likeness (QED) is 0.306. The predicted octanol–water partition coefficient (Wildman–Crippen LogP) is 5.21. The van der Waals surface area contributed by atoms with E-state index in [1.807, 2.05) is 0 Å². The molecule has 9 heteroatoms. The fourth-order valence-corrected chi connectivity index (χ4v) is 2.39. The molecule has 0 spiro atoms. The fourth-order valence-electron chi connectivity index (χ4n) is 1.83. The largest absolute Gasteiger partial charge is 0.492 e. The van der Waals surface area contributed by atoms with Gasteiger partial charge in [-0.15, -0.1) is 0 Å². The van der Waals surface area contributed by atoms with E-state index in [9.17, 15) is 17.6 Å². The van der Waals surface area contributed by atoms with E-state index in [2.05, 4.69) is 26.6 Å². The minimum absolute atomic E-state index is 0.263. The number of para-hydroxylation sites is 2. The molecule has 0 radical (unpaired) electrons. The molecule has 0 amide bonds. The Morgan fingerprint density at radius 1 is 1.04 bits per heavy atom. The van der Waals surface area contributed by atoms with Gasteiger partial charge in [0.05, 0.1) is 16.8 Å². The van der Waals surface area contributed by atoms with E-state index in [1.54, 1.807) is 31.2 Å². The molecule has 2 N–H and O–H groups in total. The zero-order valence-corrected chi connectivity index (χ0v) is 14.6. The van der Waals surface area contributed by atoms with Gasteiger partial charge in [0.15, 0.2) is 28.4 Å². The van der Waals surface area contributed by atoms with E-state index in [0.717, 1.165) is 0 Å². The number of anilines is 2. The van der Waals surface area contributed by atoms with Crippen molar-refractivity contribution in [3.8, 4) is 5.75 Å². The summed E-state index contributed by atoms with van der Waals surface area (Å²) in [6.07, 6.45) is 0. The SMILES string of the molecule is CCOc1ccccc1NC(=S)Nc1c(F)c(F)c(Br)c(F)c1F. The maximum Gasteiger partial charge on any atom is 0.186 e. The first-order chi connectivity index (χ1) is 11.4. The van der Waals surface area contributed by atoms with Gasteiger partial charge in [0.2, 0.25) is 0 Å². The van der Waals surface area contributed by atoms with Crippen molar-refractivity contribution in [2.75, 3.05) is 17.2 Å². The van der Waals surface area contributed by atoms with Crippen LogP contribution in [0.15, 0.2) is 28.7 Å². The van der Waals surface area contributed by atoms with Crippen molar-refractivity contribution < 1.29 is 22.3 Å². The van der Waals surface area contributed by atoms with Gasteiger partial charge in [0.1, 0.15) is 11.4 Å². The summed E-state index contributed by atoms with van der Waals surface area (Å²) in [7, 11) is 0. The van der Waals surface area contributed by atoms with Gasteiger partial charge in [-0.25, -0.2) is 17.6 Å². The average molecular weight is 423 g/mol. The van der Waals surface area contributed by atoms with Crippen LogP contribution in [0.25, 0.3) is 0 Å². The third-order valence-electron chi connectivity index (χ3n) is 2.88. The first kappa shape index (κ1) is 18.5. The van der Waals surface area contributed by atoms with Crippen LogP contribution in [0.2, 0.25) is 0 Å².